The largest absolute Gasteiger partial charge is 0.490 e. The molecule has 0 aliphatic carbocycles. The molecule has 11 heteroatoms. The molecule has 0 unspecified atom stereocenters. The van der Waals surface area contributed by atoms with E-state index >= 15 is 0 Å². The van der Waals surface area contributed by atoms with Gasteiger partial charge in [-0.15, -0.1) is 0 Å². The number of likely N-dealkylation sites (tertiary alicyclic amines) is 1. The zero-order chi connectivity index (χ0) is 24.1. The molecule has 0 spiro atoms. The fourth-order valence-corrected chi connectivity index (χ4v) is 3.81. The molecule has 0 saturated carbocycles. The van der Waals surface area contributed by atoms with E-state index in [1.54, 1.807) is 6.20 Å². The van der Waals surface area contributed by atoms with Crippen LogP contribution in [0, 0.1) is 17.2 Å². The van der Waals surface area contributed by atoms with Gasteiger partial charge in [0.2, 0.25) is 0 Å². The van der Waals surface area contributed by atoms with Gasteiger partial charge in [0, 0.05) is 36.2 Å². The Balaban J connectivity index is 0.000000383. The van der Waals surface area contributed by atoms with E-state index in [1.165, 1.54) is 24.3 Å². The number of aliphatic carboxylic acids is 1. The summed E-state index contributed by atoms with van der Waals surface area (Å²) in [4.78, 5) is 27.7. The molecule has 0 radical (unpaired) electrons. The molecule has 3 heterocycles. The number of carboxylic acids is 1. The van der Waals surface area contributed by atoms with E-state index in [0.717, 1.165) is 5.69 Å². The van der Waals surface area contributed by atoms with Crippen LogP contribution in [0.5, 0.6) is 0 Å². The van der Waals surface area contributed by atoms with Crippen molar-refractivity contribution in [1.29, 1.82) is 0 Å². The smallest absolute Gasteiger partial charge is 0.475 e. The number of carbonyl (C=O) groups is 2. The summed E-state index contributed by atoms with van der Waals surface area (Å²) in [6.07, 6.45) is -3.34. The first kappa shape index (κ1) is 24.6. The number of hydrogen-bond acceptors (Lipinski definition) is 5. The molecule has 2 fully saturated rings. The lowest BCUT2D eigenvalue weighted by Crippen LogP contribution is -2.37. The fraction of sp³-hybridized carbons (Fsp3) is 0.409. The zero-order valence-corrected chi connectivity index (χ0v) is 17.4. The first-order valence-corrected chi connectivity index (χ1v) is 10.0. The number of halogens is 4. The minimum absolute atomic E-state index is 0.0662. The number of hydrogen-bond donors (Lipinski definition) is 1. The molecule has 2 aliphatic rings. The molecule has 2 aromatic rings. The molecule has 2 saturated heterocycles. The van der Waals surface area contributed by atoms with E-state index < -0.39 is 12.1 Å². The summed E-state index contributed by atoms with van der Waals surface area (Å²) in [5.41, 5.74) is 1.22. The maximum Gasteiger partial charge on any atom is 0.490 e. The van der Waals surface area contributed by atoms with E-state index in [1.807, 2.05) is 23.1 Å². The molecule has 4 rings (SSSR count). The van der Waals surface area contributed by atoms with Crippen molar-refractivity contribution in [2.45, 2.75) is 12.8 Å². The third-order valence-corrected chi connectivity index (χ3v) is 5.51. The van der Waals surface area contributed by atoms with Crippen molar-refractivity contribution in [3.8, 4) is 0 Å². The van der Waals surface area contributed by atoms with Gasteiger partial charge in [-0.05, 0) is 36.4 Å². The number of aromatic nitrogens is 1. The third-order valence-electron chi connectivity index (χ3n) is 5.51. The van der Waals surface area contributed by atoms with E-state index in [9.17, 15) is 22.4 Å². The number of benzene rings is 1. The van der Waals surface area contributed by atoms with Crippen molar-refractivity contribution < 1.29 is 41.7 Å². The Labute approximate surface area is 186 Å². The van der Waals surface area contributed by atoms with E-state index in [4.69, 9.17) is 19.4 Å². The summed E-state index contributed by atoms with van der Waals surface area (Å²) in [7, 11) is 0. The lowest BCUT2D eigenvalue weighted by molar-refractivity contribution is -0.192. The Hall–Kier alpha value is -3.05. The topological polar surface area (TPSA) is 89.0 Å². The van der Waals surface area contributed by atoms with Crippen molar-refractivity contribution in [3.63, 3.8) is 0 Å². The predicted octanol–water partition coefficient (Wildman–Crippen LogP) is 3.16. The minimum Gasteiger partial charge on any atom is -0.475 e. The van der Waals surface area contributed by atoms with E-state index in [0.29, 0.717) is 45.1 Å². The number of rotatable bonds is 5. The predicted molar refractivity (Wildman–Crippen MR) is 107 cm³/mol. The van der Waals surface area contributed by atoms with E-state index in [-0.39, 0.29) is 23.1 Å². The van der Waals surface area contributed by atoms with Gasteiger partial charge in [0.05, 0.1) is 32.1 Å². The number of fused-ring (bicyclic) bond motifs is 1. The second-order valence-electron chi connectivity index (χ2n) is 7.88. The number of alkyl halides is 3. The number of ether oxygens (including phenoxy) is 2. The Bertz CT molecular complexity index is 956. The number of carbonyl (C=O) groups excluding carboxylic acids is 1. The summed E-state index contributed by atoms with van der Waals surface area (Å²) >= 11 is 0. The second-order valence-corrected chi connectivity index (χ2v) is 7.88. The molecule has 2 atom stereocenters. The van der Waals surface area contributed by atoms with Crippen LogP contribution in [0.3, 0.4) is 0 Å². The van der Waals surface area contributed by atoms with Gasteiger partial charge in [-0.3, -0.25) is 9.78 Å². The van der Waals surface area contributed by atoms with Gasteiger partial charge in [0.1, 0.15) is 5.82 Å². The molecule has 1 N–H and O–H groups in total. The van der Waals surface area contributed by atoms with Crippen LogP contribution < -0.4 is 0 Å². The summed E-state index contributed by atoms with van der Waals surface area (Å²) < 4.78 is 56.4. The normalized spacial score (nSPS) is 21.8. The number of nitrogens with zero attached hydrogens (tertiary/aromatic N) is 2. The van der Waals surface area contributed by atoms with Crippen molar-refractivity contribution in [2.75, 3.05) is 32.9 Å². The van der Waals surface area contributed by atoms with Crippen LogP contribution in [-0.2, 0) is 20.9 Å². The first-order valence-electron chi connectivity index (χ1n) is 10.0. The Morgan fingerprint density at radius 3 is 2.52 bits per heavy atom. The fourth-order valence-electron chi connectivity index (χ4n) is 3.81. The maximum atomic E-state index is 13.1. The molecule has 7 nitrogen and oxygen atoms in total. The Morgan fingerprint density at radius 2 is 1.91 bits per heavy atom. The molecule has 1 aromatic heterocycles. The highest BCUT2D eigenvalue weighted by Gasteiger charge is 2.52. The Morgan fingerprint density at radius 1 is 1.21 bits per heavy atom. The van der Waals surface area contributed by atoms with Crippen LogP contribution in [0.25, 0.3) is 0 Å². The van der Waals surface area contributed by atoms with Crippen molar-refractivity contribution in [2.24, 2.45) is 11.3 Å². The van der Waals surface area contributed by atoms with Gasteiger partial charge in [0.25, 0.3) is 5.91 Å². The van der Waals surface area contributed by atoms with Gasteiger partial charge < -0.3 is 19.5 Å². The average Bonchev–Trinajstić information content (AvgIpc) is 3.32. The molecule has 33 heavy (non-hydrogen) atoms. The van der Waals surface area contributed by atoms with Crippen LogP contribution in [0.2, 0.25) is 0 Å². The highest BCUT2D eigenvalue weighted by molar-refractivity contribution is 5.94. The van der Waals surface area contributed by atoms with Crippen LogP contribution in [0.1, 0.15) is 16.1 Å². The average molecular weight is 470 g/mol. The van der Waals surface area contributed by atoms with E-state index in [2.05, 4.69) is 4.98 Å². The third kappa shape index (κ3) is 6.26. The summed E-state index contributed by atoms with van der Waals surface area (Å²) in [5, 5.41) is 7.12. The molecule has 0 bridgehead atoms. The summed E-state index contributed by atoms with van der Waals surface area (Å²) in [6, 6.07) is 11.4. The van der Waals surface area contributed by atoms with Gasteiger partial charge in [-0.25, -0.2) is 9.18 Å². The van der Waals surface area contributed by atoms with Gasteiger partial charge in [-0.1, -0.05) is 6.07 Å². The standard InChI is InChI=1S/C20H21FN2O3.C2HF3O2/c21-17-6-4-15(5-7-17)19(24)23-9-16-10-25-13-20(16,12-23)14-26-11-18-3-1-2-8-22-18;3-2(4,5)1(6)7/h1-8,16H,9-14H2;(H,6,7)/t16-,20+;/m1./s1. The molecule has 1 amide bonds. The monoisotopic (exact) mass is 470 g/mol. The van der Waals surface area contributed by atoms with Crippen LogP contribution in [0.4, 0.5) is 17.6 Å². The molecule has 2 aliphatic heterocycles. The lowest BCUT2D eigenvalue weighted by Gasteiger charge is -2.26. The first-order chi connectivity index (χ1) is 15.6. The van der Waals surface area contributed by atoms with Gasteiger partial charge in [0.15, 0.2) is 0 Å². The van der Waals surface area contributed by atoms with Crippen LogP contribution in [-0.4, -0.2) is 66.0 Å². The Kier molecular flexibility index (Phi) is 7.65. The quantitative estimate of drug-likeness (QED) is 0.676. The van der Waals surface area contributed by atoms with Crippen LogP contribution >= 0.6 is 0 Å². The maximum absolute atomic E-state index is 13.1. The highest BCUT2D eigenvalue weighted by Crippen LogP contribution is 2.42. The van der Waals surface area contributed by atoms with Crippen molar-refractivity contribution >= 4 is 11.9 Å². The number of carboxylic acid groups (broad SMARTS) is 1. The molecule has 178 valence electrons. The summed E-state index contributed by atoms with van der Waals surface area (Å²) in [6.45, 7) is 3.44. The SMILES string of the molecule is O=C(O)C(F)(F)F.O=C(c1ccc(F)cc1)N1C[C@@H]2COC[C@]2(COCc2ccccn2)C1. The van der Waals surface area contributed by atoms with Gasteiger partial charge in [-0.2, -0.15) is 13.2 Å². The second kappa shape index (κ2) is 10.3. The van der Waals surface area contributed by atoms with Crippen molar-refractivity contribution in [3.05, 3.63) is 65.7 Å². The molecular formula is C22H22F4N2O5. The summed E-state index contributed by atoms with van der Waals surface area (Å²) in [5.74, 6) is -2.90. The molecular weight excluding hydrogens is 448 g/mol. The lowest BCUT2D eigenvalue weighted by atomic mass is 9.82. The van der Waals surface area contributed by atoms with Crippen LogP contribution in [0.15, 0.2) is 48.7 Å². The molecule has 1 aromatic carbocycles. The number of amides is 1. The highest BCUT2D eigenvalue weighted by atomic mass is 19.4. The van der Waals surface area contributed by atoms with Crippen molar-refractivity contribution in [1.82, 2.24) is 9.88 Å². The van der Waals surface area contributed by atoms with Gasteiger partial charge >= 0.3 is 12.1 Å². The number of pyridine rings is 1. The zero-order valence-electron chi connectivity index (χ0n) is 17.4. The minimum atomic E-state index is -5.08.